The smallest absolute Gasteiger partial charge is 0.236 e. The van der Waals surface area contributed by atoms with Gasteiger partial charge in [0.25, 0.3) is 0 Å². The van der Waals surface area contributed by atoms with E-state index in [4.69, 9.17) is 9.97 Å². The highest BCUT2D eigenvalue weighted by atomic mass is 16.2. The number of hydrogen-bond acceptors (Lipinski definition) is 5. The summed E-state index contributed by atoms with van der Waals surface area (Å²) >= 11 is 0. The Kier molecular flexibility index (Phi) is 6.84. The average molecular weight is 436 g/mol. The molecule has 170 valence electrons. The number of carbonyl (C=O) groups is 2. The molecule has 2 aliphatic rings. The van der Waals surface area contributed by atoms with Gasteiger partial charge in [-0.2, -0.15) is 0 Å². The molecule has 0 N–H and O–H groups in total. The van der Waals surface area contributed by atoms with Crippen LogP contribution in [-0.4, -0.2) is 65.3 Å². The van der Waals surface area contributed by atoms with Crippen molar-refractivity contribution in [2.24, 2.45) is 0 Å². The Hall–Kier alpha value is -2.80. The van der Waals surface area contributed by atoms with E-state index in [1.807, 2.05) is 30.0 Å². The number of amides is 2. The quantitative estimate of drug-likeness (QED) is 0.669. The van der Waals surface area contributed by atoms with Gasteiger partial charge < -0.3 is 4.90 Å². The van der Waals surface area contributed by atoms with Crippen LogP contribution in [0.2, 0.25) is 0 Å². The number of rotatable bonds is 7. The lowest BCUT2D eigenvalue weighted by atomic mass is 10.0. The third-order valence-corrected chi connectivity index (χ3v) is 6.53. The molecule has 7 heteroatoms. The summed E-state index contributed by atoms with van der Waals surface area (Å²) in [5.41, 5.74) is 3.11. The molecule has 2 aliphatic heterocycles. The van der Waals surface area contributed by atoms with Gasteiger partial charge in [0.1, 0.15) is 11.6 Å². The molecule has 2 aromatic rings. The molecule has 1 aromatic carbocycles. The van der Waals surface area contributed by atoms with Gasteiger partial charge >= 0.3 is 0 Å². The highest BCUT2D eigenvalue weighted by Crippen LogP contribution is 2.34. The van der Waals surface area contributed by atoms with Crippen LogP contribution in [0.3, 0.4) is 0 Å². The van der Waals surface area contributed by atoms with E-state index in [0.717, 1.165) is 61.5 Å². The fraction of sp³-hybridized carbons (Fsp3) is 0.520. The standard InChI is InChI=1S/C25H33N5O2/c1-18-20-16-22(31)30(15-9-12-19-10-5-4-6-11-19)25(20)27-24(26-18)21-13-7-8-14-29(21)17-23(32)28(2)3/h4-6,10-11,21H,7-9,12-17H2,1-3H3. The fourth-order valence-corrected chi connectivity index (χ4v) is 4.65. The molecule has 0 bridgehead atoms. The number of nitrogens with zero attached hydrogens (tertiary/aromatic N) is 5. The second-order valence-corrected chi connectivity index (χ2v) is 9.05. The van der Waals surface area contributed by atoms with Gasteiger partial charge in [0.15, 0.2) is 0 Å². The van der Waals surface area contributed by atoms with Crippen LogP contribution in [0.25, 0.3) is 0 Å². The van der Waals surface area contributed by atoms with Crippen LogP contribution in [0.1, 0.15) is 54.4 Å². The molecule has 1 unspecified atom stereocenters. The van der Waals surface area contributed by atoms with Crippen LogP contribution in [-0.2, 0) is 22.4 Å². The van der Waals surface area contributed by atoms with E-state index < -0.39 is 0 Å². The van der Waals surface area contributed by atoms with E-state index in [2.05, 4.69) is 17.0 Å². The predicted octanol–water partition coefficient (Wildman–Crippen LogP) is 2.92. The molecule has 1 aromatic heterocycles. The number of aromatic nitrogens is 2. The van der Waals surface area contributed by atoms with Gasteiger partial charge in [-0.3, -0.25) is 19.4 Å². The second-order valence-electron chi connectivity index (χ2n) is 9.05. The zero-order chi connectivity index (χ0) is 22.7. The summed E-state index contributed by atoms with van der Waals surface area (Å²) in [5, 5.41) is 0. The third kappa shape index (κ3) is 4.83. The molecule has 0 aliphatic carbocycles. The molecule has 2 amide bonds. The molecule has 0 spiro atoms. The van der Waals surface area contributed by atoms with Crippen molar-refractivity contribution in [2.75, 3.05) is 38.6 Å². The Morgan fingerprint density at radius 1 is 1.16 bits per heavy atom. The Bertz CT molecular complexity index is 976. The fourth-order valence-electron chi connectivity index (χ4n) is 4.65. The van der Waals surface area contributed by atoms with Crippen molar-refractivity contribution in [1.29, 1.82) is 0 Å². The van der Waals surface area contributed by atoms with Crippen molar-refractivity contribution in [3.8, 4) is 0 Å². The average Bonchev–Trinajstić information content (AvgIpc) is 3.10. The van der Waals surface area contributed by atoms with Crippen LogP contribution >= 0.6 is 0 Å². The highest BCUT2D eigenvalue weighted by Gasteiger charge is 2.34. The van der Waals surface area contributed by atoms with Gasteiger partial charge in [-0.05, 0) is 44.7 Å². The zero-order valence-electron chi connectivity index (χ0n) is 19.4. The van der Waals surface area contributed by atoms with Gasteiger partial charge in [-0.15, -0.1) is 0 Å². The monoisotopic (exact) mass is 435 g/mol. The van der Waals surface area contributed by atoms with Gasteiger partial charge in [0.2, 0.25) is 11.8 Å². The minimum absolute atomic E-state index is 0.0125. The molecule has 1 saturated heterocycles. The maximum absolute atomic E-state index is 12.8. The lowest BCUT2D eigenvalue weighted by Gasteiger charge is -2.35. The zero-order valence-corrected chi connectivity index (χ0v) is 19.4. The summed E-state index contributed by atoms with van der Waals surface area (Å²) in [4.78, 5) is 40.6. The molecule has 1 fully saturated rings. The number of carbonyl (C=O) groups excluding carboxylic acids is 2. The highest BCUT2D eigenvalue weighted by molar-refractivity contribution is 6.00. The lowest BCUT2D eigenvalue weighted by Crippen LogP contribution is -2.42. The van der Waals surface area contributed by atoms with Crippen LogP contribution in [0.5, 0.6) is 0 Å². The first-order chi connectivity index (χ1) is 15.4. The normalized spacial score (nSPS) is 18.7. The number of benzene rings is 1. The minimum Gasteiger partial charge on any atom is -0.348 e. The van der Waals surface area contributed by atoms with Crippen LogP contribution in [0.4, 0.5) is 5.82 Å². The van der Waals surface area contributed by atoms with Crippen molar-refractivity contribution in [3.63, 3.8) is 0 Å². The van der Waals surface area contributed by atoms with Crippen LogP contribution in [0, 0.1) is 6.92 Å². The van der Waals surface area contributed by atoms with E-state index in [0.29, 0.717) is 19.5 Å². The number of likely N-dealkylation sites (N-methyl/N-ethyl adjacent to an activating group) is 1. The summed E-state index contributed by atoms with van der Waals surface area (Å²) in [6.07, 6.45) is 5.29. The maximum atomic E-state index is 12.8. The largest absolute Gasteiger partial charge is 0.348 e. The SMILES string of the molecule is Cc1nc(C2CCCCN2CC(=O)N(C)C)nc2c1CC(=O)N2CCCc1ccccc1. The van der Waals surface area contributed by atoms with Crippen molar-refractivity contribution >= 4 is 17.6 Å². The van der Waals surface area contributed by atoms with E-state index in [1.165, 1.54) is 5.56 Å². The molecule has 32 heavy (non-hydrogen) atoms. The first-order valence-electron chi connectivity index (χ1n) is 11.6. The second kappa shape index (κ2) is 9.77. The van der Waals surface area contributed by atoms with Crippen LogP contribution < -0.4 is 4.90 Å². The van der Waals surface area contributed by atoms with Crippen molar-refractivity contribution in [3.05, 3.63) is 53.0 Å². The molecule has 3 heterocycles. The topological polar surface area (TPSA) is 69.6 Å². The Morgan fingerprint density at radius 2 is 1.94 bits per heavy atom. The summed E-state index contributed by atoms with van der Waals surface area (Å²) < 4.78 is 0. The van der Waals surface area contributed by atoms with E-state index in [1.54, 1.807) is 19.0 Å². The number of hydrogen-bond donors (Lipinski definition) is 0. The van der Waals surface area contributed by atoms with Gasteiger partial charge in [0, 0.05) is 31.9 Å². The number of piperidine rings is 1. The first kappa shape index (κ1) is 22.4. The molecular weight excluding hydrogens is 402 g/mol. The Balaban J connectivity index is 1.53. The van der Waals surface area contributed by atoms with E-state index in [9.17, 15) is 9.59 Å². The maximum Gasteiger partial charge on any atom is 0.236 e. The predicted molar refractivity (Wildman–Crippen MR) is 124 cm³/mol. The Labute approximate surface area is 190 Å². The molecule has 0 saturated carbocycles. The van der Waals surface area contributed by atoms with Crippen molar-refractivity contribution in [2.45, 2.75) is 51.5 Å². The summed E-state index contributed by atoms with van der Waals surface area (Å²) in [7, 11) is 3.58. The minimum atomic E-state index is 0.0125. The summed E-state index contributed by atoms with van der Waals surface area (Å²) in [5.74, 6) is 1.71. The van der Waals surface area contributed by atoms with Crippen molar-refractivity contribution < 1.29 is 9.59 Å². The molecular formula is C25H33N5O2. The lowest BCUT2D eigenvalue weighted by molar-refractivity contribution is -0.131. The number of aryl methyl sites for hydroxylation is 2. The number of anilines is 1. The number of likely N-dealkylation sites (tertiary alicyclic amines) is 1. The van der Waals surface area contributed by atoms with Crippen LogP contribution in [0.15, 0.2) is 30.3 Å². The molecule has 0 radical (unpaired) electrons. The van der Waals surface area contributed by atoms with Gasteiger partial charge in [-0.25, -0.2) is 9.97 Å². The van der Waals surface area contributed by atoms with Crippen molar-refractivity contribution in [1.82, 2.24) is 19.8 Å². The summed E-state index contributed by atoms with van der Waals surface area (Å²) in [6, 6.07) is 10.4. The molecule has 4 rings (SSSR count). The molecule has 7 nitrogen and oxygen atoms in total. The van der Waals surface area contributed by atoms with Gasteiger partial charge in [-0.1, -0.05) is 36.8 Å². The van der Waals surface area contributed by atoms with Gasteiger partial charge in [0.05, 0.1) is 19.0 Å². The van der Waals surface area contributed by atoms with E-state index >= 15 is 0 Å². The first-order valence-corrected chi connectivity index (χ1v) is 11.6. The number of fused-ring (bicyclic) bond motifs is 1. The van der Waals surface area contributed by atoms with E-state index in [-0.39, 0.29) is 17.9 Å². The molecule has 1 atom stereocenters. The Morgan fingerprint density at radius 3 is 2.69 bits per heavy atom. The third-order valence-electron chi connectivity index (χ3n) is 6.53. The summed E-state index contributed by atoms with van der Waals surface area (Å²) in [6.45, 7) is 3.87.